The lowest BCUT2D eigenvalue weighted by Gasteiger charge is -2.27. The summed E-state index contributed by atoms with van der Waals surface area (Å²) in [5.41, 5.74) is 6.61. The first-order valence-corrected chi connectivity index (χ1v) is 12.6. The monoisotopic (exact) mass is 494 g/mol. The smallest absolute Gasteiger partial charge is 0.326 e. The van der Waals surface area contributed by atoms with Crippen molar-refractivity contribution >= 4 is 38.5 Å². The molecule has 5 N–H and O–H groups in total. The summed E-state index contributed by atoms with van der Waals surface area (Å²) >= 11 is 0. The molecule has 1 fully saturated rings. The van der Waals surface area contributed by atoms with E-state index < -0.39 is 34.0 Å². The number of fused-ring (bicyclic) bond motifs is 1. The fraction of sp³-hybridized carbons (Fsp3) is 0.240. The zero-order valence-electron chi connectivity index (χ0n) is 18.8. The molecule has 0 saturated carbocycles. The first-order valence-electron chi connectivity index (χ1n) is 11.1. The Bertz CT molecular complexity index is 1410. The van der Waals surface area contributed by atoms with Crippen LogP contribution < -0.4 is 10.5 Å². The SMILES string of the molecule is N=C(N)c1cccc(C[C@@H](NS(=O)(=O)c2ccc3ccccc3c2)C(=O)N2CCC[C@H]2C(=O)O)c1. The van der Waals surface area contributed by atoms with Gasteiger partial charge in [0.25, 0.3) is 0 Å². The van der Waals surface area contributed by atoms with Crippen molar-refractivity contribution in [3.63, 3.8) is 0 Å². The van der Waals surface area contributed by atoms with Gasteiger partial charge in [0.15, 0.2) is 0 Å². The molecule has 1 aliphatic rings. The van der Waals surface area contributed by atoms with Gasteiger partial charge in [-0.2, -0.15) is 4.72 Å². The van der Waals surface area contributed by atoms with Crippen LogP contribution in [0.3, 0.4) is 0 Å². The lowest BCUT2D eigenvalue weighted by molar-refractivity contribution is -0.148. The number of nitrogens with zero attached hydrogens (tertiary/aromatic N) is 1. The van der Waals surface area contributed by atoms with Crippen molar-refractivity contribution in [2.24, 2.45) is 5.73 Å². The second-order valence-corrected chi connectivity index (χ2v) is 10.2. The average molecular weight is 495 g/mol. The molecule has 0 radical (unpaired) electrons. The van der Waals surface area contributed by atoms with Crippen LogP contribution in [-0.4, -0.2) is 54.8 Å². The Labute approximate surface area is 203 Å². The van der Waals surface area contributed by atoms with Crippen molar-refractivity contribution in [2.75, 3.05) is 6.54 Å². The number of nitrogens with two attached hydrogens (primary N) is 1. The highest BCUT2D eigenvalue weighted by Crippen LogP contribution is 2.23. The minimum Gasteiger partial charge on any atom is -0.480 e. The number of amidine groups is 1. The predicted octanol–water partition coefficient (Wildman–Crippen LogP) is 2.09. The van der Waals surface area contributed by atoms with Gasteiger partial charge >= 0.3 is 5.97 Å². The van der Waals surface area contributed by atoms with Crippen LogP contribution in [0.25, 0.3) is 10.8 Å². The van der Waals surface area contributed by atoms with E-state index in [1.54, 1.807) is 42.5 Å². The Balaban J connectivity index is 1.68. The van der Waals surface area contributed by atoms with Crippen LogP contribution in [0.4, 0.5) is 0 Å². The van der Waals surface area contributed by atoms with E-state index in [2.05, 4.69) is 4.72 Å². The minimum absolute atomic E-state index is 0.00249. The molecule has 1 heterocycles. The summed E-state index contributed by atoms with van der Waals surface area (Å²) < 4.78 is 29.2. The summed E-state index contributed by atoms with van der Waals surface area (Å²) in [7, 11) is -4.12. The van der Waals surface area contributed by atoms with Crippen LogP contribution in [0.15, 0.2) is 71.6 Å². The first kappa shape index (κ1) is 24.4. The van der Waals surface area contributed by atoms with E-state index in [1.165, 1.54) is 17.0 Å². The van der Waals surface area contributed by atoms with E-state index in [1.807, 2.05) is 12.1 Å². The number of aliphatic carboxylic acids is 1. The quantitative estimate of drug-likeness (QED) is 0.278. The molecule has 0 aliphatic carbocycles. The molecule has 0 bridgehead atoms. The second-order valence-electron chi connectivity index (χ2n) is 8.53. The Morgan fingerprint density at radius 2 is 1.83 bits per heavy atom. The van der Waals surface area contributed by atoms with Crippen molar-refractivity contribution < 1.29 is 23.1 Å². The maximum absolute atomic E-state index is 13.5. The van der Waals surface area contributed by atoms with Gasteiger partial charge in [-0.1, -0.05) is 48.5 Å². The number of likely N-dealkylation sites (tertiary alicyclic amines) is 1. The van der Waals surface area contributed by atoms with Crippen LogP contribution >= 0.6 is 0 Å². The van der Waals surface area contributed by atoms with Gasteiger partial charge in [-0.05, 0) is 53.8 Å². The van der Waals surface area contributed by atoms with Gasteiger partial charge in [0.05, 0.1) is 4.90 Å². The van der Waals surface area contributed by atoms with Crippen molar-refractivity contribution in [3.8, 4) is 0 Å². The van der Waals surface area contributed by atoms with Crippen molar-refractivity contribution in [2.45, 2.75) is 36.2 Å². The van der Waals surface area contributed by atoms with Gasteiger partial charge in [-0.15, -0.1) is 0 Å². The Morgan fingerprint density at radius 1 is 1.09 bits per heavy atom. The molecule has 35 heavy (non-hydrogen) atoms. The molecular formula is C25H26N4O5S. The van der Waals surface area contributed by atoms with Gasteiger partial charge in [0.2, 0.25) is 15.9 Å². The van der Waals surface area contributed by atoms with E-state index >= 15 is 0 Å². The highest BCUT2D eigenvalue weighted by molar-refractivity contribution is 7.89. The van der Waals surface area contributed by atoms with Crippen molar-refractivity contribution in [3.05, 3.63) is 77.9 Å². The van der Waals surface area contributed by atoms with Crippen LogP contribution in [0.2, 0.25) is 0 Å². The lowest BCUT2D eigenvalue weighted by atomic mass is 10.0. The number of carboxylic acids is 1. The predicted molar refractivity (Wildman–Crippen MR) is 132 cm³/mol. The molecule has 2 atom stereocenters. The van der Waals surface area contributed by atoms with E-state index in [4.69, 9.17) is 11.1 Å². The van der Waals surface area contributed by atoms with E-state index in [0.717, 1.165) is 10.8 Å². The minimum atomic E-state index is -4.12. The summed E-state index contributed by atoms with van der Waals surface area (Å²) in [5, 5.41) is 18.8. The molecule has 1 amide bonds. The maximum Gasteiger partial charge on any atom is 0.326 e. The largest absolute Gasteiger partial charge is 0.480 e. The average Bonchev–Trinajstić information content (AvgIpc) is 3.33. The number of hydrogen-bond acceptors (Lipinski definition) is 5. The molecule has 0 aromatic heterocycles. The van der Waals surface area contributed by atoms with Crippen molar-refractivity contribution in [1.82, 2.24) is 9.62 Å². The number of nitrogens with one attached hydrogen (secondary N) is 2. The number of amides is 1. The summed E-state index contributed by atoms with van der Waals surface area (Å²) in [6.45, 7) is 0.234. The van der Waals surface area contributed by atoms with Gasteiger partial charge < -0.3 is 15.7 Å². The Morgan fingerprint density at radius 3 is 2.54 bits per heavy atom. The van der Waals surface area contributed by atoms with Gasteiger partial charge in [-0.25, -0.2) is 13.2 Å². The standard InChI is InChI=1S/C25H26N4O5S/c26-23(27)19-8-3-5-16(13-19)14-21(24(30)29-12-4-9-22(29)25(31)32)28-35(33,34)20-11-10-17-6-1-2-7-18(17)15-20/h1-3,5-8,10-11,13,15,21-22,28H,4,9,12,14H2,(H3,26,27)(H,31,32)/t21-,22+/m1/s1. The summed E-state index contributed by atoms with van der Waals surface area (Å²) in [5.74, 6) is -1.88. The second kappa shape index (κ2) is 9.85. The van der Waals surface area contributed by atoms with E-state index in [0.29, 0.717) is 24.0 Å². The molecule has 182 valence electrons. The molecule has 3 aromatic rings. The normalized spacial score (nSPS) is 16.8. The van der Waals surface area contributed by atoms with Gasteiger partial charge in [-0.3, -0.25) is 10.2 Å². The fourth-order valence-electron chi connectivity index (χ4n) is 4.36. The van der Waals surface area contributed by atoms with Crippen molar-refractivity contribution in [1.29, 1.82) is 5.41 Å². The maximum atomic E-state index is 13.5. The lowest BCUT2D eigenvalue weighted by Crippen LogP contribution is -2.52. The molecule has 1 aliphatic heterocycles. The summed E-state index contributed by atoms with van der Waals surface area (Å²) in [6.07, 6.45) is 0.799. The number of rotatable bonds is 8. The third kappa shape index (κ3) is 5.33. The number of carboxylic acid groups (broad SMARTS) is 1. The first-order chi connectivity index (χ1) is 16.7. The number of benzene rings is 3. The summed E-state index contributed by atoms with van der Waals surface area (Å²) in [4.78, 5) is 26.4. The van der Waals surface area contributed by atoms with Gasteiger partial charge in [0.1, 0.15) is 17.9 Å². The molecule has 0 unspecified atom stereocenters. The number of nitrogen functional groups attached to an aromatic ring is 1. The van der Waals surface area contributed by atoms with E-state index in [-0.39, 0.29) is 23.7 Å². The number of carbonyl (C=O) groups is 2. The van der Waals surface area contributed by atoms with E-state index in [9.17, 15) is 23.1 Å². The molecule has 3 aromatic carbocycles. The zero-order chi connectivity index (χ0) is 25.2. The molecule has 9 nitrogen and oxygen atoms in total. The number of sulfonamides is 1. The van der Waals surface area contributed by atoms with Crippen LogP contribution in [0.1, 0.15) is 24.0 Å². The van der Waals surface area contributed by atoms with Crippen LogP contribution in [0.5, 0.6) is 0 Å². The van der Waals surface area contributed by atoms with Crippen LogP contribution in [0, 0.1) is 5.41 Å². The third-order valence-corrected chi connectivity index (χ3v) is 7.59. The molecule has 0 spiro atoms. The number of carbonyl (C=O) groups excluding carboxylic acids is 1. The highest BCUT2D eigenvalue weighted by atomic mass is 32.2. The molecular weight excluding hydrogens is 468 g/mol. The Hall–Kier alpha value is -3.76. The van der Waals surface area contributed by atoms with Crippen LogP contribution in [-0.2, 0) is 26.0 Å². The highest BCUT2D eigenvalue weighted by Gasteiger charge is 2.38. The molecule has 1 saturated heterocycles. The molecule has 10 heteroatoms. The summed E-state index contributed by atoms with van der Waals surface area (Å²) in [6, 6.07) is 16.4. The van der Waals surface area contributed by atoms with Gasteiger partial charge in [0, 0.05) is 12.1 Å². The third-order valence-electron chi connectivity index (χ3n) is 6.13. The topological polar surface area (TPSA) is 154 Å². The fourth-order valence-corrected chi connectivity index (χ4v) is 5.58. The zero-order valence-corrected chi connectivity index (χ0v) is 19.7. The molecule has 4 rings (SSSR count). The Kier molecular flexibility index (Phi) is 6.86. The number of hydrogen-bond donors (Lipinski definition) is 4.